The number of carbonyl (C=O) groups excluding carboxylic acids is 2. The average molecular weight is 342 g/mol. The number of ether oxygens (including phenoxy) is 2. The van der Waals surface area contributed by atoms with Crippen LogP contribution in [0.4, 0.5) is 4.79 Å². The van der Waals surface area contributed by atoms with Gasteiger partial charge in [-0.3, -0.25) is 0 Å². The molecule has 0 aromatic carbocycles. The topological polar surface area (TPSA) is 64.6 Å². The minimum absolute atomic E-state index is 0. The third kappa shape index (κ3) is 12.8. The molecule has 0 radical (unpaired) electrons. The Labute approximate surface area is 138 Å². The molecule has 0 rings (SSSR count). The molecule has 1 atom stereocenters. The highest BCUT2D eigenvalue weighted by atomic mass is 35.5. The van der Waals surface area contributed by atoms with Crippen molar-refractivity contribution in [2.45, 2.75) is 65.2 Å². The van der Waals surface area contributed by atoms with Crippen molar-refractivity contribution in [3.63, 3.8) is 0 Å². The van der Waals surface area contributed by atoms with Crippen molar-refractivity contribution >= 4 is 36.2 Å². The van der Waals surface area contributed by atoms with Crippen LogP contribution in [-0.4, -0.2) is 41.3 Å². The maximum Gasteiger partial charge on any atom is 0.408 e. The number of esters is 1. The molecule has 1 N–H and O–H groups in total. The van der Waals surface area contributed by atoms with Gasteiger partial charge in [0.05, 0.1) is 0 Å². The first-order chi connectivity index (χ1) is 8.94. The lowest BCUT2D eigenvalue weighted by atomic mass is 10.1. The van der Waals surface area contributed by atoms with Crippen molar-refractivity contribution in [3.8, 4) is 0 Å². The maximum absolute atomic E-state index is 12.1. The smallest absolute Gasteiger partial charge is 0.408 e. The number of hydrogen-bond donors (Lipinski definition) is 1. The van der Waals surface area contributed by atoms with Crippen molar-refractivity contribution in [2.24, 2.45) is 0 Å². The molecule has 0 fully saturated rings. The summed E-state index contributed by atoms with van der Waals surface area (Å²) < 4.78 is 10.5. The summed E-state index contributed by atoms with van der Waals surface area (Å²) in [5.74, 6) is 0.317. The van der Waals surface area contributed by atoms with Crippen LogP contribution >= 0.6 is 24.2 Å². The Morgan fingerprint density at radius 1 is 1.05 bits per heavy atom. The van der Waals surface area contributed by atoms with Crippen LogP contribution in [0.15, 0.2) is 0 Å². The molecule has 126 valence electrons. The standard InChI is InChI=1S/C14H27NO4S.ClH/c1-13(2,3)18-11(16)10(8-9-20-7)15-12(17)19-14(4,5)6;/h10H,8-9H2,1-7H3,(H,15,17);1H/t10-;/m1./s1. The summed E-state index contributed by atoms with van der Waals surface area (Å²) in [6, 6.07) is -0.684. The van der Waals surface area contributed by atoms with Crippen LogP contribution in [0.5, 0.6) is 0 Å². The van der Waals surface area contributed by atoms with Gasteiger partial charge in [-0.15, -0.1) is 12.4 Å². The molecule has 5 nitrogen and oxygen atoms in total. The lowest BCUT2D eigenvalue weighted by Crippen LogP contribution is -2.46. The largest absolute Gasteiger partial charge is 0.458 e. The predicted octanol–water partition coefficient (Wildman–Crippen LogP) is 3.40. The maximum atomic E-state index is 12.1. The van der Waals surface area contributed by atoms with Gasteiger partial charge < -0.3 is 14.8 Å². The van der Waals surface area contributed by atoms with Gasteiger partial charge >= 0.3 is 12.1 Å². The molecule has 0 bridgehead atoms. The van der Waals surface area contributed by atoms with Gasteiger partial charge in [0.25, 0.3) is 0 Å². The highest BCUT2D eigenvalue weighted by molar-refractivity contribution is 7.98. The second kappa shape index (κ2) is 9.41. The molecule has 0 saturated heterocycles. The third-order valence-electron chi connectivity index (χ3n) is 1.99. The zero-order valence-electron chi connectivity index (χ0n) is 13.9. The van der Waals surface area contributed by atoms with E-state index in [9.17, 15) is 9.59 Å². The molecule has 0 aromatic rings. The number of rotatable bonds is 5. The summed E-state index contributed by atoms with van der Waals surface area (Å²) >= 11 is 1.61. The Balaban J connectivity index is 0. The van der Waals surface area contributed by atoms with E-state index in [-0.39, 0.29) is 12.4 Å². The van der Waals surface area contributed by atoms with Gasteiger partial charge in [-0.05, 0) is 60.0 Å². The van der Waals surface area contributed by atoms with Gasteiger partial charge in [-0.1, -0.05) is 0 Å². The molecular formula is C14H28ClNO4S. The molecule has 21 heavy (non-hydrogen) atoms. The van der Waals surface area contributed by atoms with Crippen LogP contribution in [0.1, 0.15) is 48.0 Å². The van der Waals surface area contributed by atoms with Crippen LogP contribution in [-0.2, 0) is 14.3 Å². The second-order valence-corrected chi connectivity index (χ2v) is 7.50. The van der Waals surface area contributed by atoms with E-state index >= 15 is 0 Å². The van der Waals surface area contributed by atoms with E-state index in [1.54, 1.807) is 53.3 Å². The summed E-state index contributed by atoms with van der Waals surface area (Å²) in [7, 11) is 0. The zero-order valence-corrected chi connectivity index (χ0v) is 15.6. The molecular weight excluding hydrogens is 314 g/mol. The van der Waals surface area contributed by atoms with Gasteiger partial charge in [-0.2, -0.15) is 11.8 Å². The van der Waals surface area contributed by atoms with Crippen molar-refractivity contribution in [3.05, 3.63) is 0 Å². The Bertz CT molecular complexity index is 337. The number of halogens is 1. The second-order valence-electron chi connectivity index (χ2n) is 6.51. The molecule has 1 amide bonds. The van der Waals surface area contributed by atoms with E-state index in [2.05, 4.69) is 5.32 Å². The number of carbonyl (C=O) groups is 2. The first-order valence-electron chi connectivity index (χ1n) is 6.66. The van der Waals surface area contributed by atoms with Gasteiger partial charge in [0.15, 0.2) is 0 Å². The summed E-state index contributed by atoms with van der Waals surface area (Å²) in [5.41, 5.74) is -1.17. The fourth-order valence-corrected chi connectivity index (χ4v) is 1.78. The molecule has 0 aliphatic carbocycles. The summed E-state index contributed by atoms with van der Waals surface area (Å²) in [4.78, 5) is 23.8. The fraction of sp³-hybridized carbons (Fsp3) is 0.857. The Hall–Kier alpha value is -0.620. The highest BCUT2D eigenvalue weighted by Crippen LogP contribution is 2.12. The van der Waals surface area contributed by atoms with Crippen LogP contribution < -0.4 is 5.32 Å². The Kier molecular flexibility index (Phi) is 10.2. The number of thioether (sulfide) groups is 1. The lowest BCUT2D eigenvalue weighted by Gasteiger charge is -2.26. The lowest BCUT2D eigenvalue weighted by molar-refractivity contribution is -0.157. The van der Waals surface area contributed by atoms with Gasteiger partial charge in [-0.25, -0.2) is 9.59 Å². The molecule has 7 heteroatoms. The highest BCUT2D eigenvalue weighted by Gasteiger charge is 2.28. The molecule has 0 aliphatic rings. The van der Waals surface area contributed by atoms with E-state index in [0.717, 1.165) is 5.75 Å². The van der Waals surface area contributed by atoms with Gasteiger partial charge in [0.1, 0.15) is 17.2 Å². The first-order valence-corrected chi connectivity index (χ1v) is 8.05. The molecule has 0 aromatic heterocycles. The number of alkyl carbamates (subject to hydrolysis) is 1. The Morgan fingerprint density at radius 3 is 1.90 bits per heavy atom. The number of amides is 1. The predicted molar refractivity (Wildman–Crippen MR) is 89.2 cm³/mol. The number of nitrogens with one attached hydrogen (secondary N) is 1. The molecule has 0 saturated carbocycles. The summed E-state index contributed by atoms with van der Waals surface area (Å²) in [5, 5.41) is 2.58. The number of hydrogen-bond acceptors (Lipinski definition) is 5. The van der Waals surface area contributed by atoms with Crippen LogP contribution in [0.2, 0.25) is 0 Å². The van der Waals surface area contributed by atoms with Crippen molar-refractivity contribution in [2.75, 3.05) is 12.0 Å². The van der Waals surface area contributed by atoms with E-state index < -0.39 is 29.3 Å². The SMILES string of the molecule is CSCC[C@@H](NC(=O)OC(C)(C)C)C(=O)OC(C)(C)C.Cl. The molecule has 0 unspecified atom stereocenters. The van der Waals surface area contributed by atoms with Gasteiger partial charge in [0.2, 0.25) is 0 Å². The Morgan fingerprint density at radius 2 is 1.52 bits per heavy atom. The summed E-state index contributed by atoms with van der Waals surface area (Å²) in [6.45, 7) is 10.7. The van der Waals surface area contributed by atoms with E-state index in [4.69, 9.17) is 9.47 Å². The van der Waals surface area contributed by atoms with E-state index in [1.165, 1.54) is 0 Å². The minimum atomic E-state index is -0.684. The molecule has 0 heterocycles. The monoisotopic (exact) mass is 341 g/mol. The van der Waals surface area contributed by atoms with E-state index in [0.29, 0.717) is 6.42 Å². The quantitative estimate of drug-likeness (QED) is 0.776. The average Bonchev–Trinajstić information content (AvgIpc) is 2.18. The van der Waals surface area contributed by atoms with Crippen LogP contribution in [0, 0.1) is 0 Å². The summed E-state index contributed by atoms with van der Waals surface area (Å²) in [6.07, 6.45) is 1.85. The zero-order chi connectivity index (χ0) is 16.0. The first kappa shape index (κ1) is 22.7. The normalized spacial score (nSPS) is 12.9. The van der Waals surface area contributed by atoms with Crippen LogP contribution in [0.3, 0.4) is 0 Å². The third-order valence-corrected chi connectivity index (χ3v) is 2.64. The fourth-order valence-electron chi connectivity index (χ4n) is 1.31. The minimum Gasteiger partial charge on any atom is -0.458 e. The molecule has 0 aliphatic heterocycles. The van der Waals surface area contributed by atoms with Crippen molar-refractivity contribution < 1.29 is 19.1 Å². The van der Waals surface area contributed by atoms with E-state index in [1.807, 2.05) is 6.26 Å². The van der Waals surface area contributed by atoms with Crippen LogP contribution in [0.25, 0.3) is 0 Å². The van der Waals surface area contributed by atoms with Gasteiger partial charge in [0, 0.05) is 0 Å². The van der Waals surface area contributed by atoms with Crippen molar-refractivity contribution in [1.29, 1.82) is 0 Å². The van der Waals surface area contributed by atoms with Crippen molar-refractivity contribution in [1.82, 2.24) is 5.32 Å². The molecule has 0 spiro atoms.